The summed E-state index contributed by atoms with van der Waals surface area (Å²) in [7, 11) is 0. The van der Waals surface area contributed by atoms with Crippen molar-refractivity contribution in [1.82, 2.24) is 20.5 Å². The van der Waals surface area contributed by atoms with E-state index in [9.17, 15) is 4.79 Å². The number of hydrogen-bond donors (Lipinski definition) is 3. The van der Waals surface area contributed by atoms with E-state index in [4.69, 9.17) is 9.84 Å². The van der Waals surface area contributed by atoms with Gasteiger partial charge in [0.15, 0.2) is 0 Å². The van der Waals surface area contributed by atoms with Crippen LogP contribution < -0.4 is 10.1 Å². The van der Waals surface area contributed by atoms with Crippen LogP contribution in [0, 0.1) is 0 Å². The molecule has 0 unspecified atom stereocenters. The number of pyridine rings is 1. The molecule has 1 amide bonds. The van der Waals surface area contributed by atoms with E-state index in [0.29, 0.717) is 17.9 Å². The number of H-pyrrole nitrogens is 1. The van der Waals surface area contributed by atoms with Crippen molar-refractivity contribution in [3.63, 3.8) is 0 Å². The van der Waals surface area contributed by atoms with Crippen molar-refractivity contribution in [3.05, 3.63) is 66.0 Å². The number of amides is 1. The van der Waals surface area contributed by atoms with E-state index in [1.807, 2.05) is 24.3 Å². The molecule has 1 aromatic carbocycles. The van der Waals surface area contributed by atoms with Gasteiger partial charge in [-0.25, -0.2) is 0 Å². The Hall–Kier alpha value is -3.19. The Labute approximate surface area is 144 Å². The number of carbonyl (C=O) groups excluding carboxylic acids is 1. The molecule has 0 spiro atoms. The summed E-state index contributed by atoms with van der Waals surface area (Å²) in [5.41, 5.74) is 3.03. The number of rotatable bonds is 7. The molecule has 25 heavy (non-hydrogen) atoms. The van der Waals surface area contributed by atoms with E-state index in [1.165, 1.54) is 0 Å². The molecule has 0 atom stereocenters. The number of aromatic nitrogens is 3. The lowest BCUT2D eigenvalue weighted by Crippen LogP contribution is -2.26. The molecule has 0 aliphatic carbocycles. The van der Waals surface area contributed by atoms with Crippen molar-refractivity contribution >= 4 is 5.91 Å². The highest BCUT2D eigenvalue weighted by atomic mass is 16.5. The van der Waals surface area contributed by atoms with E-state index < -0.39 is 0 Å². The average Bonchev–Trinajstić information content (AvgIpc) is 3.20. The smallest absolute Gasteiger partial charge is 0.251 e. The molecule has 2 aromatic heterocycles. The largest absolute Gasteiger partial charge is 0.487 e. The van der Waals surface area contributed by atoms with Crippen molar-refractivity contribution in [2.45, 2.75) is 6.61 Å². The molecule has 0 aliphatic rings. The zero-order chi connectivity index (χ0) is 17.5. The maximum atomic E-state index is 11.9. The zero-order valence-corrected chi connectivity index (χ0v) is 13.5. The van der Waals surface area contributed by atoms with Crippen LogP contribution in [0.2, 0.25) is 0 Å². The van der Waals surface area contributed by atoms with Gasteiger partial charge < -0.3 is 15.2 Å². The Morgan fingerprint density at radius 1 is 1.24 bits per heavy atom. The monoisotopic (exact) mass is 338 g/mol. The fourth-order valence-electron chi connectivity index (χ4n) is 2.26. The normalized spacial score (nSPS) is 10.4. The van der Waals surface area contributed by atoms with Gasteiger partial charge in [0, 0.05) is 18.3 Å². The molecule has 128 valence electrons. The van der Waals surface area contributed by atoms with Crippen LogP contribution in [0.1, 0.15) is 15.9 Å². The number of benzene rings is 1. The van der Waals surface area contributed by atoms with Crippen LogP contribution in [0.25, 0.3) is 11.4 Å². The number of nitrogens with one attached hydrogen (secondary N) is 2. The summed E-state index contributed by atoms with van der Waals surface area (Å²) in [5, 5.41) is 18.1. The fraction of sp³-hybridized carbons (Fsp3) is 0.167. The molecule has 3 rings (SSSR count). The second-order valence-electron chi connectivity index (χ2n) is 5.32. The summed E-state index contributed by atoms with van der Waals surface area (Å²) in [6.07, 6.45) is 3.32. The van der Waals surface area contributed by atoms with Crippen LogP contribution in [-0.4, -0.2) is 39.3 Å². The van der Waals surface area contributed by atoms with E-state index in [1.54, 1.807) is 30.6 Å². The second-order valence-corrected chi connectivity index (χ2v) is 5.32. The van der Waals surface area contributed by atoms with Gasteiger partial charge in [-0.2, -0.15) is 5.10 Å². The minimum Gasteiger partial charge on any atom is -0.487 e. The highest BCUT2D eigenvalue weighted by molar-refractivity contribution is 5.94. The van der Waals surface area contributed by atoms with E-state index in [2.05, 4.69) is 20.5 Å². The fourth-order valence-corrected chi connectivity index (χ4v) is 2.26. The SMILES string of the molecule is O=C(NCCO)c1cccc(COc2ccc(-c3ccn[nH]3)nc2)c1. The quantitative estimate of drug-likeness (QED) is 0.610. The third-order valence-corrected chi connectivity index (χ3v) is 3.51. The average molecular weight is 338 g/mol. The molecule has 0 saturated carbocycles. The van der Waals surface area contributed by atoms with Crippen LogP contribution in [0.3, 0.4) is 0 Å². The van der Waals surface area contributed by atoms with E-state index in [-0.39, 0.29) is 19.1 Å². The predicted molar refractivity (Wildman–Crippen MR) is 92.0 cm³/mol. The molecule has 7 heteroatoms. The first-order valence-corrected chi connectivity index (χ1v) is 7.83. The number of aliphatic hydroxyl groups excluding tert-OH is 1. The third-order valence-electron chi connectivity index (χ3n) is 3.51. The van der Waals surface area contributed by atoms with Crippen LogP contribution in [0.5, 0.6) is 5.75 Å². The zero-order valence-electron chi connectivity index (χ0n) is 13.5. The summed E-state index contributed by atoms with van der Waals surface area (Å²) in [4.78, 5) is 16.2. The van der Waals surface area contributed by atoms with E-state index >= 15 is 0 Å². The maximum Gasteiger partial charge on any atom is 0.251 e. The van der Waals surface area contributed by atoms with Gasteiger partial charge >= 0.3 is 0 Å². The van der Waals surface area contributed by atoms with Crippen molar-refractivity contribution in [1.29, 1.82) is 0 Å². The molecular formula is C18H18N4O3. The molecular weight excluding hydrogens is 320 g/mol. The Kier molecular flexibility index (Phi) is 5.38. The number of carbonyl (C=O) groups is 1. The highest BCUT2D eigenvalue weighted by Gasteiger charge is 2.06. The number of aromatic amines is 1. The third kappa shape index (κ3) is 4.42. The first-order chi connectivity index (χ1) is 12.3. The first kappa shape index (κ1) is 16.7. The molecule has 7 nitrogen and oxygen atoms in total. The second kappa shape index (κ2) is 8.07. The number of ether oxygens (including phenoxy) is 1. The van der Waals surface area contributed by atoms with Crippen molar-refractivity contribution in [3.8, 4) is 17.1 Å². The molecule has 0 radical (unpaired) electrons. The van der Waals surface area contributed by atoms with Gasteiger partial charge in [-0.3, -0.25) is 14.9 Å². The Morgan fingerprint density at radius 2 is 2.16 bits per heavy atom. The highest BCUT2D eigenvalue weighted by Crippen LogP contribution is 2.18. The van der Waals surface area contributed by atoms with Crippen LogP contribution >= 0.6 is 0 Å². The molecule has 0 saturated heterocycles. The van der Waals surface area contributed by atoms with Gasteiger partial charge in [-0.15, -0.1) is 0 Å². The van der Waals surface area contributed by atoms with Crippen molar-refractivity contribution in [2.75, 3.05) is 13.2 Å². The summed E-state index contributed by atoms with van der Waals surface area (Å²) >= 11 is 0. The Morgan fingerprint density at radius 3 is 2.88 bits per heavy atom. The lowest BCUT2D eigenvalue weighted by molar-refractivity contribution is 0.0944. The summed E-state index contributed by atoms with van der Waals surface area (Å²) in [6.45, 7) is 0.468. The summed E-state index contributed by atoms with van der Waals surface area (Å²) in [5.74, 6) is 0.417. The number of nitrogens with zero attached hydrogens (tertiary/aromatic N) is 2. The lowest BCUT2D eigenvalue weighted by Gasteiger charge is -2.08. The van der Waals surface area contributed by atoms with Gasteiger partial charge in [0.05, 0.1) is 24.2 Å². The van der Waals surface area contributed by atoms with Gasteiger partial charge in [-0.1, -0.05) is 12.1 Å². The van der Waals surface area contributed by atoms with Gasteiger partial charge in [0.1, 0.15) is 12.4 Å². The predicted octanol–water partition coefficient (Wildman–Crippen LogP) is 1.77. The molecule has 3 aromatic rings. The summed E-state index contributed by atoms with van der Waals surface area (Å²) < 4.78 is 5.72. The molecule has 0 fully saturated rings. The maximum absolute atomic E-state index is 11.9. The first-order valence-electron chi connectivity index (χ1n) is 7.83. The van der Waals surface area contributed by atoms with Crippen LogP contribution in [0.15, 0.2) is 54.9 Å². The van der Waals surface area contributed by atoms with Crippen LogP contribution in [-0.2, 0) is 6.61 Å². The molecule has 3 N–H and O–H groups in total. The topological polar surface area (TPSA) is 100 Å². The number of aliphatic hydroxyl groups is 1. The minimum absolute atomic E-state index is 0.0872. The van der Waals surface area contributed by atoms with Crippen LogP contribution in [0.4, 0.5) is 0 Å². The van der Waals surface area contributed by atoms with E-state index in [0.717, 1.165) is 17.0 Å². The number of hydrogen-bond acceptors (Lipinski definition) is 5. The lowest BCUT2D eigenvalue weighted by atomic mass is 10.1. The molecule has 0 aliphatic heterocycles. The minimum atomic E-state index is -0.221. The van der Waals surface area contributed by atoms with Gasteiger partial charge in [0.25, 0.3) is 5.91 Å². The summed E-state index contributed by atoms with van der Waals surface area (Å²) in [6, 6.07) is 12.7. The Bertz CT molecular complexity index is 817. The molecule has 2 heterocycles. The standard InChI is InChI=1S/C18H18N4O3/c23-9-8-19-18(24)14-3-1-2-13(10-14)12-25-15-4-5-16(20-11-15)17-6-7-21-22-17/h1-7,10-11,23H,8-9,12H2,(H,19,24)(H,21,22). The van der Waals surface area contributed by atoms with Crippen molar-refractivity contribution in [2.24, 2.45) is 0 Å². The Balaban J connectivity index is 1.60. The van der Waals surface area contributed by atoms with Gasteiger partial charge in [-0.05, 0) is 35.9 Å². The van der Waals surface area contributed by atoms with Crippen molar-refractivity contribution < 1.29 is 14.6 Å². The molecule has 0 bridgehead atoms. The van der Waals surface area contributed by atoms with Gasteiger partial charge in [0.2, 0.25) is 0 Å².